The Balaban J connectivity index is 2.90. The summed E-state index contributed by atoms with van der Waals surface area (Å²) < 4.78 is 6.10. The third kappa shape index (κ3) is 3.94. The zero-order valence-electron chi connectivity index (χ0n) is 12.0. The second-order valence-corrected chi connectivity index (χ2v) is 4.87. The molecule has 1 atom stereocenters. The molecule has 0 saturated heterocycles. The topological polar surface area (TPSA) is 76.5 Å². The van der Waals surface area contributed by atoms with E-state index in [0.29, 0.717) is 18.8 Å². The summed E-state index contributed by atoms with van der Waals surface area (Å²) in [4.78, 5) is 25.2. The van der Waals surface area contributed by atoms with Crippen molar-refractivity contribution in [2.24, 2.45) is 0 Å². The van der Waals surface area contributed by atoms with Gasteiger partial charge in [-0.05, 0) is 6.92 Å². The molecule has 0 radical (unpaired) electrons. The molecule has 1 aromatic heterocycles. The van der Waals surface area contributed by atoms with Crippen LogP contribution in [-0.2, 0) is 16.1 Å². The van der Waals surface area contributed by atoms with Crippen LogP contribution in [0.25, 0.3) is 0 Å². The monoisotopic (exact) mass is 302 g/mol. The van der Waals surface area contributed by atoms with Gasteiger partial charge in [0, 0.05) is 21.2 Å². The predicted molar refractivity (Wildman–Crippen MR) is 77.2 cm³/mol. The number of aromatic nitrogens is 2. The van der Waals surface area contributed by atoms with Crippen LogP contribution in [-0.4, -0.2) is 54.4 Å². The van der Waals surface area contributed by atoms with E-state index >= 15 is 0 Å². The Morgan fingerprint density at radius 1 is 1.60 bits per heavy atom. The fraction of sp³-hybridized carbons (Fsp3) is 0.583. The molecule has 0 aliphatic heterocycles. The number of hydrogen-bond donors (Lipinski definition) is 1. The lowest BCUT2D eigenvalue weighted by Gasteiger charge is -2.19. The summed E-state index contributed by atoms with van der Waals surface area (Å²) >= 11 is 6.00. The summed E-state index contributed by atoms with van der Waals surface area (Å²) in [5.74, 6) is -0.121. The molecule has 0 saturated carbocycles. The molecule has 0 aliphatic carbocycles. The first-order chi connectivity index (χ1) is 9.38. The van der Waals surface area contributed by atoms with Crippen LogP contribution in [0.1, 0.15) is 6.92 Å². The maximum Gasteiger partial charge on any atom is 0.287 e. The van der Waals surface area contributed by atoms with E-state index in [0.717, 1.165) is 0 Å². The molecule has 1 N–H and O–H groups in total. The van der Waals surface area contributed by atoms with Gasteiger partial charge in [-0.1, -0.05) is 11.6 Å². The van der Waals surface area contributed by atoms with Crippen molar-refractivity contribution in [2.45, 2.75) is 19.5 Å². The summed E-state index contributed by atoms with van der Waals surface area (Å²) in [6.45, 7) is 2.38. The van der Waals surface area contributed by atoms with Crippen LogP contribution in [0.15, 0.2) is 11.0 Å². The number of rotatable bonds is 6. The van der Waals surface area contributed by atoms with Crippen LogP contribution in [0.2, 0.25) is 5.02 Å². The van der Waals surface area contributed by atoms with Crippen molar-refractivity contribution in [1.29, 1.82) is 0 Å². The summed E-state index contributed by atoms with van der Waals surface area (Å²) in [6, 6.07) is -0.501. The van der Waals surface area contributed by atoms with Gasteiger partial charge in [-0.25, -0.2) is 4.68 Å². The number of carbonyl (C=O) groups is 1. The minimum absolute atomic E-state index is 0.00880. The van der Waals surface area contributed by atoms with E-state index in [-0.39, 0.29) is 10.9 Å². The van der Waals surface area contributed by atoms with Crippen molar-refractivity contribution in [3.05, 3.63) is 21.6 Å². The highest BCUT2D eigenvalue weighted by molar-refractivity contribution is 6.33. The third-order valence-electron chi connectivity index (χ3n) is 2.68. The second kappa shape index (κ2) is 7.25. The number of anilines is 1. The van der Waals surface area contributed by atoms with Crippen molar-refractivity contribution in [2.75, 3.05) is 33.1 Å². The van der Waals surface area contributed by atoms with Gasteiger partial charge in [-0.2, -0.15) is 5.10 Å². The molecule has 0 spiro atoms. The normalized spacial score (nSPS) is 12.1. The number of hydrogen-bond acceptors (Lipinski definition) is 5. The van der Waals surface area contributed by atoms with Gasteiger partial charge in [-0.3, -0.25) is 9.59 Å². The fourth-order valence-electron chi connectivity index (χ4n) is 1.59. The van der Waals surface area contributed by atoms with Crippen LogP contribution >= 0.6 is 11.6 Å². The molecule has 20 heavy (non-hydrogen) atoms. The van der Waals surface area contributed by atoms with E-state index in [1.165, 1.54) is 22.9 Å². The molecule has 112 valence electrons. The van der Waals surface area contributed by atoms with Crippen LogP contribution in [0.4, 0.5) is 5.69 Å². The van der Waals surface area contributed by atoms with Gasteiger partial charge >= 0.3 is 0 Å². The smallest absolute Gasteiger partial charge is 0.287 e. The number of ether oxygens (including phenoxy) is 1. The van der Waals surface area contributed by atoms with Gasteiger partial charge in [0.1, 0.15) is 11.1 Å². The maximum atomic E-state index is 12.0. The Morgan fingerprint density at radius 2 is 2.25 bits per heavy atom. The zero-order valence-corrected chi connectivity index (χ0v) is 12.8. The van der Waals surface area contributed by atoms with E-state index < -0.39 is 11.6 Å². The Kier molecular flexibility index (Phi) is 5.97. The Bertz CT molecular complexity index is 530. The Hall–Kier alpha value is -1.60. The van der Waals surface area contributed by atoms with Gasteiger partial charge in [-0.15, -0.1) is 0 Å². The van der Waals surface area contributed by atoms with E-state index in [4.69, 9.17) is 16.3 Å². The van der Waals surface area contributed by atoms with Crippen molar-refractivity contribution in [3.63, 3.8) is 0 Å². The highest BCUT2D eigenvalue weighted by Gasteiger charge is 2.17. The SMILES string of the molecule is COCCn1ncc(NC(C)C(=O)N(C)C)c(Cl)c1=O. The average molecular weight is 303 g/mol. The predicted octanol–water partition coefficient (Wildman–Crippen LogP) is 0.432. The minimum Gasteiger partial charge on any atom is -0.383 e. The first kappa shape index (κ1) is 16.5. The van der Waals surface area contributed by atoms with Crippen molar-refractivity contribution in [1.82, 2.24) is 14.7 Å². The Labute approximate surface area is 122 Å². The van der Waals surface area contributed by atoms with Crippen molar-refractivity contribution >= 4 is 23.2 Å². The van der Waals surface area contributed by atoms with Gasteiger partial charge in [0.2, 0.25) is 5.91 Å². The molecule has 7 nitrogen and oxygen atoms in total. The van der Waals surface area contributed by atoms with Crippen molar-refractivity contribution < 1.29 is 9.53 Å². The van der Waals surface area contributed by atoms with Gasteiger partial charge in [0.05, 0.1) is 25.0 Å². The van der Waals surface area contributed by atoms with E-state index in [2.05, 4.69) is 10.4 Å². The fourth-order valence-corrected chi connectivity index (χ4v) is 1.79. The number of carbonyl (C=O) groups excluding carboxylic acids is 1. The van der Waals surface area contributed by atoms with Crippen LogP contribution in [0, 0.1) is 0 Å². The molecule has 0 bridgehead atoms. The molecule has 1 rings (SSSR count). The van der Waals surface area contributed by atoms with Crippen LogP contribution < -0.4 is 10.9 Å². The molecule has 8 heteroatoms. The van der Waals surface area contributed by atoms with Crippen LogP contribution in [0.5, 0.6) is 0 Å². The first-order valence-electron chi connectivity index (χ1n) is 6.10. The lowest BCUT2D eigenvalue weighted by atomic mass is 10.3. The molecule has 0 aliphatic rings. The first-order valence-corrected chi connectivity index (χ1v) is 6.48. The Morgan fingerprint density at radius 3 is 2.80 bits per heavy atom. The molecule has 1 amide bonds. The second-order valence-electron chi connectivity index (χ2n) is 4.49. The lowest BCUT2D eigenvalue weighted by molar-refractivity contribution is -0.129. The molecule has 1 heterocycles. The summed E-state index contributed by atoms with van der Waals surface area (Å²) in [7, 11) is 4.85. The number of nitrogens with zero attached hydrogens (tertiary/aromatic N) is 3. The van der Waals surface area contributed by atoms with Crippen molar-refractivity contribution in [3.8, 4) is 0 Å². The molecule has 0 aromatic carbocycles. The standard InChI is InChI=1S/C12H19ClN4O3/c1-8(11(18)16(2)3)15-9-7-14-17(5-6-20-4)12(19)10(9)13/h7-8,15H,5-6H2,1-4H3. The molecule has 1 aromatic rings. The highest BCUT2D eigenvalue weighted by Crippen LogP contribution is 2.16. The number of halogens is 1. The number of nitrogens with one attached hydrogen (secondary N) is 1. The summed E-state index contributed by atoms with van der Waals surface area (Å²) in [6.07, 6.45) is 1.43. The summed E-state index contributed by atoms with van der Waals surface area (Å²) in [5, 5.41) is 6.88. The molecular formula is C12H19ClN4O3. The zero-order chi connectivity index (χ0) is 15.3. The lowest BCUT2D eigenvalue weighted by Crippen LogP contribution is -2.37. The highest BCUT2D eigenvalue weighted by atomic mass is 35.5. The minimum atomic E-state index is -0.501. The average Bonchev–Trinajstić information content (AvgIpc) is 2.42. The van der Waals surface area contributed by atoms with E-state index in [1.807, 2.05) is 0 Å². The number of likely N-dealkylation sites (N-methyl/N-ethyl adjacent to an activating group) is 1. The maximum absolute atomic E-state index is 12.0. The molecule has 1 unspecified atom stereocenters. The van der Waals surface area contributed by atoms with Gasteiger partial charge in [0.25, 0.3) is 5.56 Å². The number of methoxy groups -OCH3 is 1. The van der Waals surface area contributed by atoms with E-state index in [1.54, 1.807) is 21.0 Å². The molecule has 0 fully saturated rings. The van der Waals surface area contributed by atoms with E-state index in [9.17, 15) is 9.59 Å². The molecular weight excluding hydrogens is 284 g/mol. The van der Waals surface area contributed by atoms with Gasteiger partial charge in [0.15, 0.2) is 0 Å². The largest absolute Gasteiger partial charge is 0.383 e. The summed E-state index contributed by atoms with van der Waals surface area (Å²) in [5.41, 5.74) is -0.0775. The number of amides is 1. The van der Waals surface area contributed by atoms with Gasteiger partial charge < -0.3 is 15.0 Å². The van der Waals surface area contributed by atoms with Crippen LogP contribution in [0.3, 0.4) is 0 Å². The third-order valence-corrected chi connectivity index (χ3v) is 3.04. The quantitative estimate of drug-likeness (QED) is 0.825.